The van der Waals surface area contributed by atoms with Crippen molar-refractivity contribution in [2.45, 2.75) is 69.5 Å². The number of nitrogens with zero attached hydrogens (tertiary/aromatic N) is 1. The van der Waals surface area contributed by atoms with Crippen LogP contribution >= 0.6 is 11.8 Å². The van der Waals surface area contributed by atoms with Crippen LogP contribution in [0.1, 0.15) is 68.9 Å². The van der Waals surface area contributed by atoms with Crippen LogP contribution in [0.2, 0.25) is 0 Å². The van der Waals surface area contributed by atoms with E-state index in [9.17, 15) is 18.8 Å². The van der Waals surface area contributed by atoms with Gasteiger partial charge in [0.25, 0.3) is 0 Å². The van der Waals surface area contributed by atoms with Crippen LogP contribution in [0.3, 0.4) is 0 Å². The third-order valence-electron chi connectivity index (χ3n) is 8.70. The van der Waals surface area contributed by atoms with Crippen molar-refractivity contribution in [3.05, 3.63) is 53.3 Å². The van der Waals surface area contributed by atoms with E-state index in [0.717, 1.165) is 66.7 Å². The van der Waals surface area contributed by atoms with Crippen LogP contribution in [0.15, 0.2) is 36.4 Å². The fraction of sp³-hybridized carbons (Fsp3) is 0.500. The Morgan fingerprint density at radius 1 is 0.980 bits per heavy atom. The molecule has 5 rings (SSSR count). The molecule has 4 amide bonds. The average Bonchev–Trinajstić information content (AvgIpc) is 3.65. The molecule has 2 heterocycles. The smallest absolute Gasteiger partial charge is 0.314 e. The second-order valence-electron chi connectivity index (χ2n) is 12.5. The zero-order valence-corrected chi connectivity index (χ0v) is 29.4. The van der Waals surface area contributed by atoms with Gasteiger partial charge in [-0.15, -0.1) is 0 Å². The molecule has 1 atom stereocenters. The number of halogens is 1. The number of hydrogen-bond donors (Lipinski definition) is 6. The lowest BCUT2D eigenvalue weighted by Gasteiger charge is -2.20. The maximum atomic E-state index is 13.7. The van der Waals surface area contributed by atoms with Gasteiger partial charge < -0.3 is 36.1 Å². The first-order chi connectivity index (χ1) is 24.4. The van der Waals surface area contributed by atoms with E-state index in [1.54, 1.807) is 19.2 Å². The molecule has 0 spiro atoms. The van der Waals surface area contributed by atoms with Gasteiger partial charge in [0.05, 0.1) is 19.4 Å². The first kappa shape index (κ1) is 36.8. The molecule has 1 aliphatic heterocycles. The highest BCUT2D eigenvalue weighted by Gasteiger charge is 2.27. The van der Waals surface area contributed by atoms with Gasteiger partial charge in [0.2, 0.25) is 11.8 Å². The maximum absolute atomic E-state index is 13.7. The molecule has 3 aromatic rings. The lowest BCUT2D eigenvalue weighted by atomic mass is 10.1. The summed E-state index contributed by atoms with van der Waals surface area (Å²) in [5.74, 6) is 2.61. The lowest BCUT2D eigenvalue weighted by Crippen LogP contribution is -2.42. The Morgan fingerprint density at radius 3 is 2.54 bits per heavy atom. The SMILES string of the molecule is COc1cc2c(cc1OCCCCNC(=O)CCCCNC(=O)CCCCC1CNC(=O)NCCS1)-c1[nH]nc(Nc3cccc(F)c3)c1C2. The number of nitrogens with one attached hydrogen (secondary N) is 6. The van der Waals surface area contributed by atoms with Crippen LogP contribution in [0.25, 0.3) is 11.3 Å². The number of urea groups is 1. The molecule has 2 aliphatic rings. The molecule has 0 radical (unpaired) electrons. The summed E-state index contributed by atoms with van der Waals surface area (Å²) in [5, 5.41) is 22.7. The second-order valence-corrected chi connectivity index (χ2v) is 13.9. The standard InChI is InChI=1S/C36H48FN7O5S/c1-48-30-20-24-19-29-34(43-44-35(29)42-26-10-8-9-25(37)21-26)28(24)22-31(30)49-17-7-6-15-39-33(46)13-4-5-14-38-32(45)12-3-2-11-27-23-41-36(47)40-16-18-50-27/h8-10,20-22,27H,2-7,11-19,23H2,1H3,(H,38,45)(H,39,46)(H2,40,41,47)(H2,42,43,44). The summed E-state index contributed by atoms with van der Waals surface area (Å²) in [6, 6.07) is 10.1. The van der Waals surface area contributed by atoms with E-state index < -0.39 is 0 Å². The maximum Gasteiger partial charge on any atom is 0.314 e. The number of amides is 4. The summed E-state index contributed by atoms with van der Waals surface area (Å²) in [4.78, 5) is 35.9. The zero-order valence-electron chi connectivity index (χ0n) is 28.6. The van der Waals surface area contributed by atoms with Crippen molar-refractivity contribution in [1.29, 1.82) is 0 Å². The quantitative estimate of drug-likeness (QED) is 0.0706. The topological polar surface area (TPSA) is 158 Å². The second kappa shape index (κ2) is 19.1. The molecule has 270 valence electrons. The summed E-state index contributed by atoms with van der Waals surface area (Å²) in [5.41, 5.74) is 4.62. The first-order valence-electron chi connectivity index (χ1n) is 17.5. The fourth-order valence-electron chi connectivity index (χ4n) is 6.02. The molecule has 1 aromatic heterocycles. The molecule has 0 bridgehead atoms. The van der Waals surface area contributed by atoms with Crippen molar-refractivity contribution in [3.8, 4) is 22.8 Å². The highest BCUT2D eigenvalue weighted by molar-refractivity contribution is 7.99. The molecule has 14 heteroatoms. The Labute approximate surface area is 296 Å². The van der Waals surface area contributed by atoms with E-state index in [2.05, 4.69) is 36.8 Å². The third-order valence-corrected chi connectivity index (χ3v) is 10.0. The monoisotopic (exact) mass is 709 g/mol. The summed E-state index contributed by atoms with van der Waals surface area (Å²) >= 11 is 1.86. The molecular formula is C36H48FN7O5S. The van der Waals surface area contributed by atoms with Crippen LogP contribution in [0.5, 0.6) is 11.5 Å². The van der Waals surface area contributed by atoms with E-state index in [1.165, 1.54) is 12.1 Å². The van der Waals surface area contributed by atoms with Gasteiger partial charge in [-0.1, -0.05) is 12.5 Å². The lowest BCUT2D eigenvalue weighted by molar-refractivity contribution is -0.121. The Morgan fingerprint density at radius 2 is 1.76 bits per heavy atom. The predicted octanol–water partition coefficient (Wildman–Crippen LogP) is 5.41. The Kier molecular flexibility index (Phi) is 14.0. The van der Waals surface area contributed by atoms with E-state index in [1.807, 2.05) is 23.9 Å². The molecule has 6 N–H and O–H groups in total. The molecular weight excluding hydrogens is 662 g/mol. The van der Waals surface area contributed by atoms with Gasteiger partial charge in [-0.3, -0.25) is 14.7 Å². The van der Waals surface area contributed by atoms with Crippen molar-refractivity contribution < 1.29 is 28.2 Å². The summed E-state index contributed by atoms with van der Waals surface area (Å²) in [7, 11) is 1.62. The number of anilines is 2. The molecule has 0 saturated carbocycles. The number of benzene rings is 2. The molecule has 1 fully saturated rings. The molecule has 1 aliphatic carbocycles. The molecule has 50 heavy (non-hydrogen) atoms. The van der Waals surface area contributed by atoms with Gasteiger partial charge in [0.1, 0.15) is 5.82 Å². The Hall–Kier alpha value is -4.46. The summed E-state index contributed by atoms with van der Waals surface area (Å²) in [6.45, 7) is 2.96. The Balaban J connectivity index is 0.911. The minimum absolute atomic E-state index is 0.0122. The van der Waals surface area contributed by atoms with Crippen LogP contribution in [0, 0.1) is 5.82 Å². The molecule has 1 saturated heterocycles. The number of carbonyl (C=O) groups excluding carboxylic acids is 3. The van der Waals surface area contributed by atoms with E-state index >= 15 is 0 Å². The van der Waals surface area contributed by atoms with E-state index in [0.29, 0.717) is 86.7 Å². The van der Waals surface area contributed by atoms with Crippen molar-refractivity contribution in [2.24, 2.45) is 0 Å². The fourth-order valence-corrected chi connectivity index (χ4v) is 7.11. The predicted molar refractivity (Wildman–Crippen MR) is 194 cm³/mol. The number of thioether (sulfide) groups is 1. The number of fused-ring (bicyclic) bond motifs is 3. The average molecular weight is 710 g/mol. The minimum atomic E-state index is -0.315. The van der Waals surface area contributed by atoms with Gasteiger partial charge in [0, 0.05) is 73.3 Å². The van der Waals surface area contributed by atoms with E-state index in [4.69, 9.17) is 9.47 Å². The summed E-state index contributed by atoms with van der Waals surface area (Å²) in [6.07, 6.45) is 7.36. The van der Waals surface area contributed by atoms with Gasteiger partial charge >= 0.3 is 6.03 Å². The first-order valence-corrected chi connectivity index (χ1v) is 18.5. The van der Waals surface area contributed by atoms with Crippen LogP contribution in [0.4, 0.5) is 20.7 Å². The Bertz CT molecular complexity index is 1600. The molecule has 12 nitrogen and oxygen atoms in total. The van der Waals surface area contributed by atoms with E-state index in [-0.39, 0.29) is 23.7 Å². The highest BCUT2D eigenvalue weighted by Crippen LogP contribution is 2.44. The highest BCUT2D eigenvalue weighted by atomic mass is 32.2. The largest absolute Gasteiger partial charge is 0.493 e. The number of aromatic nitrogens is 2. The third kappa shape index (κ3) is 11.0. The number of aromatic amines is 1. The van der Waals surface area contributed by atoms with Crippen molar-refractivity contribution in [2.75, 3.05) is 51.0 Å². The number of carbonyl (C=O) groups is 3. The molecule has 2 aromatic carbocycles. The number of rotatable bonds is 19. The van der Waals surface area contributed by atoms with Crippen molar-refractivity contribution >= 4 is 41.1 Å². The van der Waals surface area contributed by atoms with Crippen molar-refractivity contribution in [3.63, 3.8) is 0 Å². The van der Waals surface area contributed by atoms with Crippen LogP contribution in [-0.4, -0.2) is 78.9 Å². The number of unbranched alkanes of at least 4 members (excludes halogenated alkanes) is 3. The van der Waals surface area contributed by atoms with Crippen LogP contribution in [-0.2, 0) is 16.0 Å². The normalized spacial score (nSPS) is 15.1. The number of methoxy groups -OCH3 is 1. The number of ether oxygens (including phenoxy) is 2. The van der Waals surface area contributed by atoms with Gasteiger partial charge in [-0.25, -0.2) is 9.18 Å². The number of H-pyrrole nitrogens is 1. The molecule has 1 unspecified atom stereocenters. The van der Waals surface area contributed by atoms with Gasteiger partial charge in [0.15, 0.2) is 17.3 Å². The van der Waals surface area contributed by atoms with Gasteiger partial charge in [-0.2, -0.15) is 16.9 Å². The van der Waals surface area contributed by atoms with Crippen molar-refractivity contribution in [1.82, 2.24) is 31.5 Å². The number of hydrogen-bond acceptors (Lipinski definition) is 8. The minimum Gasteiger partial charge on any atom is -0.493 e. The zero-order chi connectivity index (χ0) is 35.1. The van der Waals surface area contributed by atoms with Crippen LogP contribution < -0.4 is 36.1 Å². The summed E-state index contributed by atoms with van der Waals surface area (Å²) < 4.78 is 25.4. The van der Waals surface area contributed by atoms with Gasteiger partial charge in [-0.05, 0) is 74.4 Å².